The van der Waals surface area contributed by atoms with E-state index in [0.29, 0.717) is 26.1 Å². The molecule has 2 rings (SSSR count). The van der Waals surface area contributed by atoms with Gasteiger partial charge in [-0.3, -0.25) is 4.79 Å². The summed E-state index contributed by atoms with van der Waals surface area (Å²) >= 11 is 0. The molecule has 0 aromatic heterocycles. The van der Waals surface area contributed by atoms with Gasteiger partial charge in [-0.1, -0.05) is 0 Å². The molecule has 1 unspecified atom stereocenters. The first-order chi connectivity index (χ1) is 14.7. The van der Waals surface area contributed by atoms with E-state index in [1.165, 1.54) is 9.80 Å². The number of rotatable bonds is 6. The van der Waals surface area contributed by atoms with Crippen LogP contribution in [0.3, 0.4) is 0 Å². The van der Waals surface area contributed by atoms with Gasteiger partial charge in [-0.05, 0) is 71.6 Å². The van der Waals surface area contributed by atoms with Gasteiger partial charge in [-0.15, -0.1) is 0 Å². The molecule has 1 aliphatic heterocycles. The van der Waals surface area contributed by atoms with Crippen molar-refractivity contribution in [3.63, 3.8) is 0 Å². The van der Waals surface area contributed by atoms with Crippen LogP contribution in [-0.2, 0) is 14.8 Å². The SMILES string of the molecule is CC(C)NS(=O)(=O)c1ccc(F)c(C(=O)N2CCCC(CN(C)C(=O)OC(C)(C)C)C2)c1. The minimum absolute atomic E-state index is 0.00259. The lowest BCUT2D eigenvalue weighted by molar-refractivity contribution is 0.0244. The highest BCUT2D eigenvalue weighted by Crippen LogP contribution is 2.23. The van der Waals surface area contributed by atoms with Crippen molar-refractivity contribution in [1.29, 1.82) is 0 Å². The highest BCUT2D eigenvalue weighted by molar-refractivity contribution is 7.89. The smallest absolute Gasteiger partial charge is 0.410 e. The predicted molar refractivity (Wildman–Crippen MR) is 119 cm³/mol. The van der Waals surface area contributed by atoms with Crippen LogP contribution in [-0.4, -0.2) is 68.5 Å². The number of carbonyl (C=O) groups is 2. The van der Waals surface area contributed by atoms with E-state index in [-0.39, 0.29) is 22.4 Å². The minimum atomic E-state index is -3.86. The van der Waals surface area contributed by atoms with Crippen LogP contribution in [0.15, 0.2) is 23.1 Å². The van der Waals surface area contributed by atoms with Crippen LogP contribution in [0.25, 0.3) is 0 Å². The lowest BCUT2D eigenvalue weighted by Crippen LogP contribution is -2.45. The van der Waals surface area contributed by atoms with Gasteiger partial charge in [-0.25, -0.2) is 22.3 Å². The second kappa shape index (κ2) is 10.2. The first-order valence-electron chi connectivity index (χ1n) is 10.7. The molecular weight excluding hydrogens is 437 g/mol. The molecule has 0 spiro atoms. The second-order valence-electron chi connectivity index (χ2n) is 9.54. The van der Waals surface area contributed by atoms with Crippen LogP contribution in [0, 0.1) is 11.7 Å². The van der Waals surface area contributed by atoms with Crippen LogP contribution in [0.2, 0.25) is 0 Å². The largest absolute Gasteiger partial charge is 0.444 e. The summed E-state index contributed by atoms with van der Waals surface area (Å²) in [5.74, 6) is -1.33. The molecule has 1 fully saturated rings. The summed E-state index contributed by atoms with van der Waals surface area (Å²) < 4.78 is 47.1. The molecule has 1 saturated heterocycles. The zero-order valence-electron chi connectivity index (χ0n) is 19.6. The Labute approximate surface area is 190 Å². The molecule has 1 aliphatic rings. The van der Waals surface area contributed by atoms with Crippen LogP contribution in [0.1, 0.15) is 57.8 Å². The first kappa shape index (κ1) is 26.1. The lowest BCUT2D eigenvalue weighted by atomic mass is 9.97. The fraction of sp³-hybridized carbons (Fsp3) is 0.636. The number of nitrogens with zero attached hydrogens (tertiary/aromatic N) is 2. The second-order valence-corrected chi connectivity index (χ2v) is 11.3. The van der Waals surface area contributed by atoms with Crippen molar-refractivity contribution in [1.82, 2.24) is 14.5 Å². The molecule has 1 N–H and O–H groups in total. The number of halogens is 1. The fourth-order valence-corrected chi connectivity index (χ4v) is 4.86. The van der Waals surface area contributed by atoms with Gasteiger partial charge in [0.25, 0.3) is 5.91 Å². The van der Waals surface area contributed by atoms with Crippen molar-refractivity contribution < 1.29 is 27.1 Å². The Kier molecular flexibility index (Phi) is 8.27. The molecule has 0 aliphatic carbocycles. The first-order valence-corrected chi connectivity index (χ1v) is 12.2. The number of piperidine rings is 1. The number of sulfonamides is 1. The van der Waals surface area contributed by atoms with E-state index in [1.807, 2.05) is 0 Å². The Bertz CT molecular complexity index is 943. The number of nitrogens with one attached hydrogen (secondary N) is 1. The van der Waals surface area contributed by atoms with Crippen molar-refractivity contribution in [2.24, 2.45) is 5.92 Å². The van der Waals surface area contributed by atoms with Crippen LogP contribution in [0.5, 0.6) is 0 Å². The van der Waals surface area contributed by atoms with E-state index in [2.05, 4.69) is 4.72 Å². The van der Waals surface area contributed by atoms with E-state index >= 15 is 0 Å². The van der Waals surface area contributed by atoms with Crippen LogP contribution >= 0.6 is 0 Å². The Balaban J connectivity index is 2.13. The quantitative estimate of drug-likeness (QED) is 0.687. The standard InChI is InChI=1S/C22H34FN3O5S/c1-15(2)24-32(29,30)17-9-10-19(23)18(12-17)20(27)26-11-7-8-16(14-26)13-25(6)21(28)31-22(3,4)5/h9-10,12,15-16,24H,7-8,11,13-14H2,1-6H3. The van der Waals surface area contributed by atoms with Gasteiger partial charge in [0.05, 0.1) is 10.5 Å². The zero-order valence-corrected chi connectivity index (χ0v) is 20.5. The van der Waals surface area contributed by atoms with Crippen molar-refractivity contribution in [2.75, 3.05) is 26.7 Å². The maximum Gasteiger partial charge on any atom is 0.410 e. The fourth-order valence-electron chi connectivity index (χ4n) is 3.58. The van der Waals surface area contributed by atoms with Crippen molar-refractivity contribution >= 4 is 22.0 Å². The number of benzene rings is 1. The van der Waals surface area contributed by atoms with Crippen molar-refractivity contribution in [3.05, 3.63) is 29.6 Å². The van der Waals surface area contributed by atoms with Crippen molar-refractivity contribution in [2.45, 2.75) is 64.0 Å². The van der Waals surface area contributed by atoms with Gasteiger partial charge < -0.3 is 14.5 Å². The third-order valence-electron chi connectivity index (χ3n) is 4.91. The van der Waals surface area contributed by atoms with Gasteiger partial charge in [0.1, 0.15) is 11.4 Å². The molecule has 0 saturated carbocycles. The van der Waals surface area contributed by atoms with E-state index in [0.717, 1.165) is 24.6 Å². The zero-order chi connectivity index (χ0) is 24.3. The molecule has 1 heterocycles. The van der Waals surface area contributed by atoms with E-state index in [1.54, 1.807) is 41.7 Å². The van der Waals surface area contributed by atoms with Crippen molar-refractivity contribution in [3.8, 4) is 0 Å². The molecule has 2 amide bonds. The van der Waals surface area contributed by atoms with Crippen LogP contribution in [0.4, 0.5) is 9.18 Å². The number of likely N-dealkylation sites (tertiary alicyclic amines) is 1. The number of ether oxygens (including phenoxy) is 1. The van der Waals surface area contributed by atoms with E-state index in [4.69, 9.17) is 4.74 Å². The van der Waals surface area contributed by atoms with Gasteiger partial charge in [0.15, 0.2) is 0 Å². The maximum absolute atomic E-state index is 14.5. The van der Waals surface area contributed by atoms with Gasteiger partial charge in [-0.2, -0.15) is 0 Å². The Morgan fingerprint density at radius 2 is 1.97 bits per heavy atom. The summed E-state index contributed by atoms with van der Waals surface area (Å²) in [5, 5.41) is 0. The summed E-state index contributed by atoms with van der Waals surface area (Å²) in [5.41, 5.74) is -0.884. The molecule has 180 valence electrons. The molecule has 8 nitrogen and oxygen atoms in total. The number of hydrogen-bond acceptors (Lipinski definition) is 5. The molecule has 10 heteroatoms. The molecule has 1 aromatic rings. The normalized spacial score (nSPS) is 17.4. The molecule has 0 radical (unpaired) electrons. The van der Waals surface area contributed by atoms with Gasteiger partial charge in [0.2, 0.25) is 10.0 Å². The lowest BCUT2D eigenvalue weighted by Gasteiger charge is -2.35. The Morgan fingerprint density at radius 3 is 2.56 bits per heavy atom. The topological polar surface area (TPSA) is 96.0 Å². The summed E-state index contributed by atoms with van der Waals surface area (Å²) in [6, 6.07) is 2.89. The molecule has 1 aromatic carbocycles. The van der Waals surface area contributed by atoms with E-state index in [9.17, 15) is 22.4 Å². The summed E-state index contributed by atoms with van der Waals surface area (Å²) in [4.78, 5) is 28.1. The van der Waals surface area contributed by atoms with E-state index < -0.39 is 33.4 Å². The molecule has 0 bridgehead atoms. The number of carbonyl (C=O) groups excluding carboxylic acids is 2. The van der Waals surface area contributed by atoms with Gasteiger partial charge >= 0.3 is 6.09 Å². The molecule has 32 heavy (non-hydrogen) atoms. The molecular formula is C22H34FN3O5S. The Hall–Kier alpha value is -2.20. The number of hydrogen-bond donors (Lipinski definition) is 1. The maximum atomic E-state index is 14.5. The predicted octanol–water partition coefficient (Wildman–Crippen LogP) is 3.23. The monoisotopic (exact) mass is 471 g/mol. The molecule has 1 atom stereocenters. The number of amides is 2. The third-order valence-corrected chi connectivity index (χ3v) is 6.57. The summed E-state index contributed by atoms with van der Waals surface area (Å²) in [6.07, 6.45) is 1.07. The summed E-state index contributed by atoms with van der Waals surface area (Å²) in [6.45, 7) is 9.90. The summed E-state index contributed by atoms with van der Waals surface area (Å²) in [7, 11) is -2.22. The Morgan fingerprint density at radius 1 is 1.31 bits per heavy atom. The van der Waals surface area contributed by atoms with Crippen LogP contribution < -0.4 is 4.72 Å². The average molecular weight is 472 g/mol. The average Bonchev–Trinajstić information content (AvgIpc) is 2.65. The highest BCUT2D eigenvalue weighted by Gasteiger charge is 2.30. The van der Waals surface area contributed by atoms with Gasteiger partial charge in [0, 0.05) is 32.7 Å². The third kappa shape index (κ3) is 7.16. The highest BCUT2D eigenvalue weighted by atomic mass is 32.2. The minimum Gasteiger partial charge on any atom is -0.444 e.